The summed E-state index contributed by atoms with van der Waals surface area (Å²) in [5.41, 5.74) is 1.59. The van der Waals surface area contributed by atoms with Crippen LogP contribution in [0.25, 0.3) is 0 Å². The molecule has 1 aromatic carbocycles. The summed E-state index contributed by atoms with van der Waals surface area (Å²) >= 11 is 0. The second kappa shape index (κ2) is 9.75. The summed E-state index contributed by atoms with van der Waals surface area (Å²) in [4.78, 5) is 12.2. The van der Waals surface area contributed by atoms with Gasteiger partial charge in [0.2, 0.25) is 0 Å². The number of carbonyl (C=O) groups is 1. The van der Waals surface area contributed by atoms with Gasteiger partial charge in [-0.2, -0.15) is 5.10 Å². The summed E-state index contributed by atoms with van der Waals surface area (Å²) in [5, 5.41) is 6.86. The van der Waals surface area contributed by atoms with Crippen LogP contribution in [0.5, 0.6) is 5.75 Å². The highest BCUT2D eigenvalue weighted by atomic mass is 19.1. The molecule has 0 atom stereocenters. The van der Waals surface area contributed by atoms with E-state index in [0.29, 0.717) is 17.9 Å². The third-order valence-corrected chi connectivity index (χ3v) is 3.98. The number of rotatable bonds is 9. The Labute approximate surface area is 153 Å². The van der Waals surface area contributed by atoms with Gasteiger partial charge in [-0.25, -0.2) is 4.39 Å². The molecule has 0 aliphatic carbocycles. The molecule has 140 valence electrons. The number of hydrogen-bond donors (Lipinski definition) is 1. The number of hydrogen-bond acceptors (Lipinski definition) is 3. The van der Waals surface area contributed by atoms with Crippen LogP contribution in [0.15, 0.2) is 36.4 Å². The van der Waals surface area contributed by atoms with Gasteiger partial charge >= 0.3 is 0 Å². The molecule has 1 amide bonds. The summed E-state index contributed by atoms with van der Waals surface area (Å²) in [6.07, 6.45) is 7.00. The van der Waals surface area contributed by atoms with Crippen molar-refractivity contribution >= 4 is 5.91 Å². The van der Waals surface area contributed by atoms with Crippen molar-refractivity contribution in [3.63, 3.8) is 0 Å². The number of amides is 1. The summed E-state index contributed by atoms with van der Waals surface area (Å²) in [6.45, 7) is 4.37. The molecule has 0 unspecified atom stereocenters. The Kier molecular flexibility index (Phi) is 7.38. The van der Waals surface area contributed by atoms with Crippen LogP contribution in [-0.2, 0) is 13.6 Å². The normalized spacial score (nSPS) is 11.1. The number of halogens is 1. The second-order valence-electron chi connectivity index (χ2n) is 6.12. The van der Waals surface area contributed by atoms with Crippen molar-refractivity contribution < 1.29 is 13.9 Å². The fourth-order valence-electron chi connectivity index (χ4n) is 2.61. The molecule has 2 rings (SSSR count). The van der Waals surface area contributed by atoms with Gasteiger partial charge in [-0.3, -0.25) is 9.48 Å². The molecule has 26 heavy (non-hydrogen) atoms. The lowest BCUT2D eigenvalue weighted by atomic mass is 10.2. The van der Waals surface area contributed by atoms with Crippen molar-refractivity contribution in [1.82, 2.24) is 15.1 Å². The van der Waals surface area contributed by atoms with Crippen LogP contribution >= 0.6 is 0 Å². The van der Waals surface area contributed by atoms with Gasteiger partial charge in [-0.05, 0) is 45.2 Å². The fraction of sp³-hybridized carbons (Fsp3) is 0.400. The predicted molar refractivity (Wildman–Crippen MR) is 99.7 cm³/mol. The van der Waals surface area contributed by atoms with Gasteiger partial charge in [0.15, 0.2) is 11.6 Å². The lowest BCUT2D eigenvalue weighted by molar-refractivity contribution is 0.0941. The average Bonchev–Trinajstić information content (AvgIpc) is 2.96. The van der Waals surface area contributed by atoms with Crippen LogP contribution < -0.4 is 10.1 Å². The third-order valence-electron chi connectivity index (χ3n) is 3.98. The SMILES string of the molecule is CC=CCCCCOc1cccc(CNC(=O)c2cc(C)nn2C)c1F. The molecule has 0 aliphatic heterocycles. The zero-order chi connectivity index (χ0) is 18.9. The summed E-state index contributed by atoms with van der Waals surface area (Å²) in [6, 6.07) is 6.67. The van der Waals surface area contributed by atoms with E-state index in [4.69, 9.17) is 4.74 Å². The van der Waals surface area contributed by atoms with Gasteiger partial charge in [-0.1, -0.05) is 24.3 Å². The molecule has 1 aromatic heterocycles. The highest BCUT2D eigenvalue weighted by Gasteiger charge is 2.14. The molecular weight excluding hydrogens is 333 g/mol. The van der Waals surface area contributed by atoms with E-state index in [-0.39, 0.29) is 18.2 Å². The van der Waals surface area contributed by atoms with Gasteiger partial charge in [-0.15, -0.1) is 0 Å². The van der Waals surface area contributed by atoms with E-state index in [1.165, 1.54) is 4.68 Å². The van der Waals surface area contributed by atoms with Crippen LogP contribution in [0, 0.1) is 12.7 Å². The first-order chi connectivity index (χ1) is 12.5. The number of ether oxygens (including phenoxy) is 1. The molecule has 0 aliphatic rings. The minimum absolute atomic E-state index is 0.0907. The van der Waals surface area contributed by atoms with E-state index >= 15 is 0 Å². The molecule has 6 heteroatoms. The van der Waals surface area contributed by atoms with Gasteiger partial charge in [0.1, 0.15) is 5.69 Å². The summed E-state index contributed by atoms with van der Waals surface area (Å²) in [7, 11) is 1.70. The second-order valence-corrected chi connectivity index (χ2v) is 6.12. The van der Waals surface area contributed by atoms with Crippen molar-refractivity contribution in [3.05, 3.63) is 59.2 Å². The summed E-state index contributed by atoms with van der Waals surface area (Å²) in [5.74, 6) is -0.496. The lowest BCUT2D eigenvalue weighted by Gasteiger charge is -2.11. The first-order valence-corrected chi connectivity index (χ1v) is 8.83. The van der Waals surface area contributed by atoms with Gasteiger partial charge in [0.05, 0.1) is 12.3 Å². The van der Waals surface area contributed by atoms with Gasteiger partial charge < -0.3 is 10.1 Å². The number of allylic oxidation sites excluding steroid dienone is 2. The monoisotopic (exact) mass is 359 g/mol. The highest BCUT2D eigenvalue weighted by molar-refractivity contribution is 5.92. The van der Waals surface area contributed by atoms with E-state index in [1.807, 2.05) is 19.9 Å². The maximum absolute atomic E-state index is 14.5. The number of carbonyl (C=O) groups excluding carboxylic acids is 1. The topological polar surface area (TPSA) is 56.1 Å². The zero-order valence-corrected chi connectivity index (χ0v) is 15.6. The smallest absolute Gasteiger partial charge is 0.269 e. The Bertz CT molecular complexity index is 768. The van der Waals surface area contributed by atoms with Crippen molar-refractivity contribution in [2.24, 2.45) is 7.05 Å². The largest absolute Gasteiger partial charge is 0.491 e. The average molecular weight is 359 g/mol. The Morgan fingerprint density at radius 1 is 1.38 bits per heavy atom. The van der Waals surface area contributed by atoms with E-state index in [9.17, 15) is 9.18 Å². The molecule has 0 saturated heterocycles. The molecule has 2 aromatic rings. The van der Waals surface area contributed by atoms with Crippen LogP contribution in [-0.4, -0.2) is 22.3 Å². The van der Waals surface area contributed by atoms with Crippen molar-refractivity contribution in [1.29, 1.82) is 0 Å². The van der Waals surface area contributed by atoms with Crippen LogP contribution in [0.3, 0.4) is 0 Å². The van der Waals surface area contributed by atoms with E-state index in [2.05, 4.69) is 16.5 Å². The lowest BCUT2D eigenvalue weighted by Crippen LogP contribution is -2.25. The summed E-state index contributed by atoms with van der Waals surface area (Å²) < 4.78 is 21.6. The van der Waals surface area contributed by atoms with Crippen molar-refractivity contribution in [2.45, 2.75) is 39.7 Å². The Morgan fingerprint density at radius 3 is 2.88 bits per heavy atom. The standard InChI is InChI=1S/C20H26FN3O2/c1-4-5-6-7-8-12-26-18-11-9-10-16(19(18)21)14-22-20(25)17-13-15(2)23-24(17)3/h4-5,9-11,13H,6-8,12,14H2,1-3H3,(H,22,25). The maximum Gasteiger partial charge on any atom is 0.269 e. The molecule has 5 nitrogen and oxygen atoms in total. The molecular formula is C20H26FN3O2. The molecule has 0 spiro atoms. The third kappa shape index (κ3) is 5.44. The van der Waals surface area contributed by atoms with Gasteiger partial charge in [0.25, 0.3) is 5.91 Å². The van der Waals surface area contributed by atoms with Crippen molar-refractivity contribution in [3.8, 4) is 5.75 Å². The van der Waals surface area contributed by atoms with Crippen LogP contribution in [0.2, 0.25) is 0 Å². The number of nitrogens with one attached hydrogen (secondary N) is 1. The fourth-order valence-corrected chi connectivity index (χ4v) is 2.61. The van der Waals surface area contributed by atoms with E-state index < -0.39 is 5.82 Å². The minimum atomic E-state index is -0.428. The van der Waals surface area contributed by atoms with Crippen LogP contribution in [0.1, 0.15) is 47.9 Å². The predicted octanol–water partition coefficient (Wildman–Crippen LogP) is 3.92. The van der Waals surface area contributed by atoms with Crippen molar-refractivity contribution in [2.75, 3.05) is 6.61 Å². The number of benzene rings is 1. The molecule has 0 saturated carbocycles. The Balaban J connectivity index is 1.89. The van der Waals surface area contributed by atoms with Crippen LogP contribution in [0.4, 0.5) is 4.39 Å². The molecule has 0 radical (unpaired) electrons. The molecule has 0 bridgehead atoms. The first-order valence-electron chi connectivity index (χ1n) is 8.83. The van der Waals surface area contributed by atoms with E-state index in [1.54, 1.807) is 31.3 Å². The van der Waals surface area contributed by atoms with Gasteiger partial charge in [0, 0.05) is 19.2 Å². The zero-order valence-electron chi connectivity index (χ0n) is 15.6. The molecule has 0 fully saturated rings. The minimum Gasteiger partial charge on any atom is -0.491 e. The Hall–Kier alpha value is -2.63. The quantitative estimate of drug-likeness (QED) is 0.545. The van der Waals surface area contributed by atoms with E-state index in [0.717, 1.165) is 25.0 Å². The number of aromatic nitrogens is 2. The Morgan fingerprint density at radius 2 is 2.19 bits per heavy atom. The number of aryl methyl sites for hydroxylation is 2. The number of nitrogens with zero attached hydrogens (tertiary/aromatic N) is 2. The first kappa shape index (κ1) is 19.7. The molecule has 1 heterocycles. The maximum atomic E-state index is 14.5. The number of unbranched alkanes of at least 4 members (excludes halogenated alkanes) is 2. The highest BCUT2D eigenvalue weighted by Crippen LogP contribution is 2.21. The molecule has 1 N–H and O–H groups in total.